The Kier molecular flexibility index (Phi) is 3.78. The van der Waals surface area contributed by atoms with E-state index in [-0.39, 0.29) is 0 Å². The minimum Gasteiger partial charge on any atom is -0.380 e. The zero-order chi connectivity index (χ0) is 13.8. The summed E-state index contributed by atoms with van der Waals surface area (Å²) in [5.41, 5.74) is 3.28. The van der Waals surface area contributed by atoms with E-state index in [0.717, 1.165) is 29.9 Å². The largest absolute Gasteiger partial charge is 0.380 e. The lowest BCUT2D eigenvalue weighted by Gasteiger charge is -2.05. The summed E-state index contributed by atoms with van der Waals surface area (Å²) in [6, 6.07) is 8.33. The van der Waals surface area contributed by atoms with E-state index in [1.807, 2.05) is 12.4 Å². The summed E-state index contributed by atoms with van der Waals surface area (Å²) >= 11 is 1.77. The highest BCUT2D eigenvalue weighted by molar-refractivity contribution is 7.11. The SMILES string of the molecule is CCc1ncc(CNc2ccc(-c3cnc[nH]3)cc2)s1. The molecule has 2 aromatic heterocycles. The van der Waals surface area contributed by atoms with Gasteiger partial charge >= 0.3 is 0 Å². The summed E-state index contributed by atoms with van der Waals surface area (Å²) < 4.78 is 0. The van der Waals surface area contributed by atoms with Crippen LogP contribution in [0.2, 0.25) is 0 Å². The first kappa shape index (κ1) is 12.9. The second-order valence-electron chi connectivity index (χ2n) is 4.47. The maximum atomic E-state index is 4.36. The molecule has 0 saturated carbocycles. The molecular formula is C15H16N4S. The molecule has 0 saturated heterocycles. The molecule has 0 aliphatic carbocycles. The number of hydrogen-bond acceptors (Lipinski definition) is 4. The van der Waals surface area contributed by atoms with Crippen LogP contribution in [0.1, 0.15) is 16.8 Å². The van der Waals surface area contributed by atoms with Gasteiger partial charge in [-0.3, -0.25) is 0 Å². The second kappa shape index (κ2) is 5.88. The molecule has 0 atom stereocenters. The van der Waals surface area contributed by atoms with Crippen LogP contribution < -0.4 is 5.32 Å². The van der Waals surface area contributed by atoms with Crippen LogP contribution in [-0.2, 0) is 13.0 Å². The third kappa shape index (κ3) is 2.88. The van der Waals surface area contributed by atoms with Crippen molar-refractivity contribution in [2.24, 2.45) is 0 Å². The molecule has 102 valence electrons. The number of aryl methyl sites for hydroxylation is 1. The predicted molar refractivity (Wildman–Crippen MR) is 82.8 cm³/mol. The van der Waals surface area contributed by atoms with Crippen molar-refractivity contribution < 1.29 is 0 Å². The Morgan fingerprint density at radius 2 is 2.05 bits per heavy atom. The topological polar surface area (TPSA) is 53.6 Å². The molecule has 0 radical (unpaired) electrons. The van der Waals surface area contributed by atoms with Crippen LogP contribution in [0, 0.1) is 0 Å². The lowest BCUT2D eigenvalue weighted by Crippen LogP contribution is -1.96. The fourth-order valence-corrected chi connectivity index (χ4v) is 2.77. The van der Waals surface area contributed by atoms with Crippen LogP contribution in [0.5, 0.6) is 0 Å². The number of nitrogens with one attached hydrogen (secondary N) is 2. The normalized spacial score (nSPS) is 10.7. The predicted octanol–water partition coefficient (Wildman–Crippen LogP) is 3.71. The van der Waals surface area contributed by atoms with Crippen molar-refractivity contribution in [2.45, 2.75) is 19.9 Å². The standard InChI is InChI=1S/C15H16N4S/c1-2-15-18-8-13(20-15)7-17-12-5-3-11(4-6-12)14-9-16-10-19-14/h3-6,8-10,17H,2,7H2,1H3,(H,16,19). The Labute approximate surface area is 121 Å². The molecule has 1 aromatic carbocycles. The van der Waals surface area contributed by atoms with Gasteiger partial charge in [-0.2, -0.15) is 0 Å². The molecule has 0 fully saturated rings. The van der Waals surface area contributed by atoms with Crippen molar-refractivity contribution in [3.8, 4) is 11.3 Å². The number of imidazole rings is 1. The van der Waals surface area contributed by atoms with E-state index >= 15 is 0 Å². The number of thiazole rings is 1. The minimum atomic E-state index is 0.821. The van der Waals surface area contributed by atoms with Crippen molar-refractivity contribution in [3.63, 3.8) is 0 Å². The first-order valence-electron chi connectivity index (χ1n) is 6.61. The fourth-order valence-electron chi connectivity index (χ4n) is 1.96. The van der Waals surface area contributed by atoms with E-state index in [0.29, 0.717) is 0 Å². The highest BCUT2D eigenvalue weighted by atomic mass is 32.1. The van der Waals surface area contributed by atoms with Gasteiger partial charge in [-0.15, -0.1) is 11.3 Å². The van der Waals surface area contributed by atoms with E-state index in [4.69, 9.17) is 0 Å². The van der Waals surface area contributed by atoms with Gasteiger partial charge in [0.05, 0.1) is 29.8 Å². The van der Waals surface area contributed by atoms with E-state index in [2.05, 4.69) is 51.5 Å². The van der Waals surface area contributed by atoms with Crippen molar-refractivity contribution in [2.75, 3.05) is 5.32 Å². The van der Waals surface area contributed by atoms with Crippen LogP contribution >= 0.6 is 11.3 Å². The monoisotopic (exact) mass is 284 g/mol. The Morgan fingerprint density at radius 1 is 1.20 bits per heavy atom. The van der Waals surface area contributed by atoms with Crippen molar-refractivity contribution in [1.82, 2.24) is 15.0 Å². The first-order valence-corrected chi connectivity index (χ1v) is 7.43. The minimum absolute atomic E-state index is 0.821. The smallest absolute Gasteiger partial charge is 0.0925 e. The summed E-state index contributed by atoms with van der Waals surface area (Å²) in [6.45, 7) is 2.95. The Bertz CT molecular complexity index is 656. The average Bonchev–Trinajstić information content (AvgIpc) is 3.17. The van der Waals surface area contributed by atoms with Gasteiger partial charge in [0.2, 0.25) is 0 Å². The van der Waals surface area contributed by atoms with Crippen LogP contribution in [-0.4, -0.2) is 15.0 Å². The lowest BCUT2D eigenvalue weighted by atomic mass is 10.1. The Balaban J connectivity index is 1.63. The Hall–Kier alpha value is -2.14. The maximum Gasteiger partial charge on any atom is 0.0925 e. The zero-order valence-corrected chi connectivity index (χ0v) is 12.1. The van der Waals surface area contributed by atoms with Gasteiger partial charge in [-0.05, 0) is 24.1 Å². The molecule has 2 N–H and O–H groups in total. The molecule has 0 unspecified atom stereocenters. The summed E-state index contributed by atoms with van der Waals surface area (Å²) in [5.74, 6) is 0. The van der Waals surface area contributed by atoms with Gasteiger partial charge in [0.1, 0.15) is 0 Å². The molecule has 4 nitrogen and oxygen atoms in total. The quantitative estimate of drug-likeness (QED) is 0.751. The van der Waals surface area contributed by atoms with Crippen molar-refractivity contribution in [3.05, 3.63) is 52.9 Å². The average molecular weight is 284 g/mol. The molecule has 3 rings (SSSR count). The summed E-state index contributed by atoms with van der Waals surface area (Å²) in [5, 5.41) is 4.61. The third-order valence-corrected chi connectivity index (χ3v) is 4.21. The molecule has 0 aliphatic heterocycles. The highest BCUT2D eigenvalue weighted by Gasteiger charge is 2.01. The number of nitrogens with zero attached hydrogens (tertiary/aromatic N) is 2. The van der Waals surface area contributed by atoms with Gasteiger partial charge in [0.25, 0.3) is 0 Å². The molecule has 0 spiro atoms. The fraction of sp³-hybridized carbons (Fsp3) is 0.200. The first-order chi connectivity index (χ1) is 9.85. The Morgan fingerprint density at radius 3 is 2.70 bits per heavy atom. The summed E-state index contributed by atoms with van der Waals surface area (Å²) in [6.07, 6.45) is 6.47. The summed E-state index contributed by atoms with van der Waals surface area (Å²) in [4.78, 5) is 12.8. The molecular weight excluding hydrogens is 268 g/mol. The van der Waals surface area contributed by atoms with Gasteiger partial charge in [-0.1, -0.05) is 19.1 Å². The van der Waals surface area contributed by atoms with Gasteiger partial charge < -0.3 is 10.3 Å². The maximum absolute atomic E-state index is 4.36. The van der Waals surface area contributed by atoms with Gasteiger partial charge in [0, 0.05) is 16.8 Å². The molecule has 3 aromatic rings. The van der Waals surface area contributed by atoms with Crippen LogP contribution in [0.25, 0.3) is 11.3 Å². The van der Waals surface area contributed by atoms with E-state index < -0.39 is 0 Å². The molecule has 20 heavy (non-hydrogen) atoms. The molecule has 5 heteroatoms. The lowest BCUT2D eigenvalue weighted by molar-refractivity contribution is 1.09. The molecule has 0 amide bonds. The number of rotatable bonds is 5. The summed E-state index contributed by atoms with van der Waals surface area (Å²) in [7, 11) is 0. The van der Waals surface area contributed by atoms with E-state index in [9.17, 15) is 0 Å². The van der Waals surface area contributed by atoms with Crippen LogP contribution in [0.4, 0.5) is 5.69 Å². The van der Waals surface area contributed by atoms with Gasteiger partial charge in [-0.25, -0.2) is 9.97 Å². The van der Waals surface area contributed by atoms with Crippen molar-refractivity contribution in [1.29, 1.82) is 0 Å². The van der Waals surface area contributed by atoms with Crippen LogP contribution in [0.15, 0.2) is 43.0 Å². The van der Waals surface area contributed by atoms with E-state index in [1.54, 1.807) is 17.7 Å². The number of anilines is 1. The molecule has 0 bridgehead atoms. The number of benzene rings is 1. The molecule has 0 aliphatic rings. The van der Waals surface area contributed by atoms with Crippen molar-refractivity contribution >= 4 is 17.0 Å². The highest BCUT2D eigenvalue weighted by Crippen LogP contribution is 2.20. The number of hydrogen-bond donors (Lipinski definition) is 2. The number of aromatic amines is 1. The number of aromatic nitrogens is 3. The van der Waals surface area contributed by atoms with Gasteiger partial charge in [0.15, 0.2) is 0 Å². The second-order valence-corrected chi connectivity index (χ2v) is 5.67. The third-order valence-electron chi connectivity index (χ3n) is 3.06. The van der Waals surface area contributed by atoms with Crippen LogP contribution in [0.3, 0.4) is 0 Å². The molecule has 2 heterocycles. The zero-order valence-electron chi connectivity index (χ0n) is 11.3. The van der Waals surface area contributed by atoms with E-state index in [1.165, 1.54) is 9.88 Å². The number of H-pyrrole nitrogens is 1.